The highest BCUT2D eigenvalue weighted by atomic mass is 32.1. The van der Waals surface area contributed by atoms with Crippen molar-refractivity contribution < 1.29 is 13.6 Å². The third-order valence-corrected chi connectivity index (χ3v) is 5.03. The van der Waals surface area contributed by atoms with Crippen LogP contribution in [0.4, 0.5) is 14.5 Å². The second-order valence-electron chi connectivity index (χ2n) is 6.18. The molecule has 0 saturated heterocycles. The molecule has 2 heterocycles. The highest BCUT2D eigenvalue weighted by Crippen LogP contribution is 2.25. The van der Waals surface area contributed by atoms with E-state index in [0.29, 0.717) is 22.2 Å². The lowest BCUT2D eigenvalue weighted by atomic mass is 10.1. The van der Waals surface area contributed by atoms with Gasteiger partial charge in [-0.25, -0.2) is 8.78 Å². The topological polar surface area (TPSA) is 57.8 Å². The van der Waals surface area contributed by atoms with Crippen LogP contribution in [0.1, 0.15) is 16.1 Å². The van der Waals surface area contributed by atoms with Gasteiger partial charge in [-0.2, -0.15) is 5.10 Å². The molecule has 0 unspecified atom stereocenters. The molecular formula is C21H15F2N3OS. The van der Waals surface area contributed by atoms with Crippen molar-refractivity contribution in [3.05, 3.63) is 81.7 Å². The van der Waals surface area contributed by atoms with E-state index in [9.17, 15) is 13.6 Å². The Labute approximate surface area is 163 Å². The number of benzene rings is 2. The molecule has 4 aromatic rings. The Kier molecular flexibility index (Phi) is 4.99. The van der Waals surface area contributed by atoms with Gasteiger partial charge in [0.05, 0.1) is 23.3 Å². The fraction of sp³-hybridized carbons (Fsp3) is 0.0476. The summed E-state index contributed by atoms with van der Waals surface area (Å²) in [5, 5.41) is 12.1. The molecule has 0 aliphatic rings. The first-order valence-corrected chi connectivity index (χ1v) is 9.40. The average Bonchev–Trinajstić information content (AvgIpc) is 3.30. The van der Waals surface area contributed by atoms with Crippen molar-refractivity contribution in [1.82, 2.24) is 10.2 Å². The van der Waals surface area contributed by atoms with E-state index < -0.39 is 5.82 Å². The quantitative estimate of drug-likeness (QED) is 0.485. The van der Waals surface area contributed by atoms with Gasteiger partial charge in [-0.15, -0.1) is 11.3 Å². The van der Waals surface area contributed by atoms with Crippen molar-refractivity contribution >= 4 is 46.0 Å². The summed E-state index contributed by atoms with van der Waals surface area (Å²) in [5.41, 5.74) is 1.85. The number of H-pyrrole nitrogens is 1. The molecule has 4 rings (SSSR count). The van der Waals surface area contributed by atoms with Crippen LogP contribution in [-0.4, -0.2) is 16.1 Å². The number of nitrogens with zero attached hydrogens (tertiary/aromatic N) is 1. The molecule has 1 amide bonds. The van der Waals surface area contributed by atoms with Gasteiger partial charge in [-0.3, -0.25) is 9.89 Å². The van der Waals surface area contributed by atoms with Crippen LogP contribution < -0.4 is 5.32 Å². The highest BCUT2D eigenvalue weighted by Gasteiger charge is 2.13. The number of thiophene rings is 1. The van der Waals surface area contributed by atoms with Crippen LogP contribution in [-0.2, 0) is 11.2 Å². The van der Waals surface area contributed by atoms with Gasteiger partial charge >= 0.3 is 0 Å². The van der Waals surface area contributed by atoms with Crippen molar-refractivity contribution in [2.45, 2.75) is 6.42 Å². The second kappa shape index (κ2) is 7.74. The van der Waals surface area contributed by atoms with Crippen LogP contribution in [0, 0.1) is 11.6 Å². The van der Waals surface area contributed by atoms with Gasteiger partial charge in [0.1, 0.15) is 11.6 Å². The molecule has 28 heavy (non-hydrogen) atoms. The van der Waals surface area contributed by atoms with Gasteiger partial charge in [0.2, 0.25) is 5.91 Å². The molecular weight excluding hydrogens is 380 g/mol. The Morgan fingerprint density at radius 1 is 1.14 bits per heavy atom. The largest absolute Gasteiger partial charge is 0.323 e. The summed E-state index contributed by atoms with van der Waals surface area (Å²) in [4.78, 5) is 13.1. The molecule has 0 atom stereocenters. The summed E-state index contributed by atoms with van der Waals surface area (Å²) in [6, 6.07) is 12.7. The zero-order valence-corrected chi connectivity index (χ0v) is 15.4. The minimum atomic E-state index is -0.545. The second-order valence-corrected chi connectivity index (χ2v) is 7.21. The molecule has 140 valence electrons. The lowest BCUT2D eigenvalue weighted by Gasteiger charge is -2.06. The lowest BCUT2D eigenvalue weighted by Crippen LogP contribution is -2.14. The number of nitrogens with one attached hydrogen (secondary N) is 2. The number of rotatable bonds is 5. The van der Waals surface area contributed by atoms with Crippen LogP contribution in [0.3, 0.4) is 0 Å². The lowest BCUT2D eigenvalue weighted by molar-refractivity contribution is -0.115. The van der Waals surface area contributed by atoms with Gasteiger partial charge in [-0.05, 0) is 41.3 Å². The number of carbonyl (C=O) groups is 1. The van der Waals surface area contributed by atoms with Crippen LogP contribution in [0.15, 0.2) is 53.9 Å². The van der Waals surface area contributed by atoms with Gasteiger partial charge in [-0.1, -0.05) is 24.3 Å². The molecule has 0 bridgehead atoms. The van der Waals surface area contributed by atoms with Crippen molar-refractivity contribution in [2.24, 2.45) is 0 Å². The average molecular weight is 395 g/mol. The summed E-state index contributed by atoms with van der Waals surface area (Å²) < 4.78 is 27.6. The SMILES string of the molecule is O=C(Cc1cccs1)Nc1cc2c(/C=C/c3cccc(F)c3)n[nH]c2cc1F. The Hall–Kier alpha value is -3.32. The van der Waals surface area contributed by atoms with Crippen molar-refractivity contribution in [3.8, 4) is 0 Å². The summed E-state index contributed by atoms with van der Waals surface area (Å²) in [6.07, 6.45) is 3.62. The summed E-state index contributed by atoms with van der Waals surface area (Å²) in [6.45, 7) is 0. The Bertz CT molecular complexity index is 1170. The summed E-state index contributed by atoms with van der Waals surface area (Å²) in [5.74, 6) is -1.16. The van der Waals surface area contributed by atoms with E-state index in [1.165, 1.54) is 29.5 Å². The molecule has 4 nitrogen and oxygen atoms in total. The van der Waals surface area contributed by atoms with E-state index in [-0.39, 0.29) is 23.8 Å². The molecule has 0 aliphatic heterocycles. The first-order chi connectivity index (χ1) is 13.6. The van der Waals surface area contributed by atoms with Crippen LogP contribution in [0.5, 0.6) is 0 Å². The van der Waals surface area contributed by atoms with Crippen LogP contribution in [0.2, 0.25) is 0 Å². The summed E-state index contributed by atoms with van der Waals surface area (Å²) >= 11 is 1.47. The minimum Gasteiger partial charge on any atom is -0.323 e. The van der Waals surface area contributed by atoms with Gasteiger partial charge in [0.25, 0.3) is 0 Å². The maximum atomic E-state index is 14.3. The van der Waals surface area contributed by atoms with E-state index in [1.54, 1.807) is 30.4 Å². The fourth-order valence-electron chi connectivity index (χ4n) is 2.83. The number of hydrogen-bond acceptors (Lipinski definition) is 3. The van der Waals surface area contributed by atoms with E-state index in [4.69, 9.17) is 0 Å². The number of carbonyl (C=O) groups excluding carboxylic acids is 1. The maximum absolute atomic E-state index is 14.3. The Balaban J connectivity index is 1.59. The van der Waals surface area contributed by atoms with E-state index in [2.05, 4.69) is 15.5 Å². The highest BCUT2D eigenvalue weighted by molar-refractivity contribution is 7.10. The normalized spacial score (nSPS) is 11.4. The Morgan fingerprint density at radius 3 is 2.82 bits per heavy atom. The predicted octanol–water partition coefficient (Wildman–Crippen LogP) is 5.25. The predicted molar refractivity (Wildman–Crippen MR) is 108 cm³/mol. The molecule has 0 radical (unpaired) electrons. The monoisotopic (exact) mass is 395 g/mol. The first-order valence-electron chi connectivity index (χ1n) is 8.52. The maximum Gasteiger partial charge on any atom is 0.229 e. The standard InChI is InChI=1S/C21H15F2N3OS/c22-14-4-1-3-13(9-14)6-7-18-16-11-20(17(23)12-19(16)26-25-18)24-21(27)10-15-5-2-8-28-15/h1-9,11-12H,10H2,(H,24,27)(H,25,26)/b7-6+. The van der Waals surface area contributed by atoms with E-state index >= 15 is 0 Å². The smallest absolute Gasteiger partial charge is 0.229 e. The molecule has 2 aromatic heterocycles. The number of aromatic amines is 1. The van der Waals surface area contributed by atoms with Crippen LogP contribution >= 0.6 is 11.3 Å². The third kappa shape index (κ3) is 3.99. The van der Waals surface area contributed by atoms with Crippen molar-refractivity contribution in [2.75, 3.05) is 5.32 Å². The molecule has 0 fully saturated rings. The third-order valence-electron chi connectivity index (χ3n) is 4.15. The number of anilines is 1. The minimum absolute atomic E-state index is 0.0934. The summed E-state index contributed by atoms with van der Waals surface area (Å²) in [7, 11) is 0. The van der Waals surface area contributed by atoms with Gasteiger partial charge < -0.3 is 5.32 Å². The molecule has 2 N–H and O–H groups in total. The van der Waals surface area contributed by atoms with Crippen LogP contribution in [0.25, 0.3) is 23.1 Å². The van der Waals surface area contributed by atoms with E-state index in [1.807, 2.05) is 17.5 Å². The Morgan fingerprint density at radius 2 is 2.04 bits per heavy atom. The number of amides is 1. The van der Waals surface area contributed by atoms with Crippen molar-refractivity contribution in [3.63, 3.8) is 0 Å². The number of aromatic nitrogens is 2. The zero-order valence-electron chi connectivity index (χ0n) is 14.6. The van der Waals surface area contributed by atoms with E-state index in [0.717, 1.165) is 4.88 Å². The molecule has 0 saturated carbocycles. The molecule has 0 spiro atoms. The molecule has 7 heteroatoms. The molecule has 0 aliphatic carbocycles. The number of fused-ring (bicyclic) bond motifs is 1. The number of halogens is 2. The zero-order chi connectivity index (χ0) is 19.5. The van der Waals surface area contributed by atoms with Gasteiger partial charge in [0.15, 0.2) is 0 Å². The van der Waals surface area contributed by atoms with Crippen molar-refractivity contribution in [1.29, 1.82) is 0 Å². The fourth-order valence-corrected chi connectivity index (χ4v) is 3.54. The molecule has 2 aromatic carbocycles. The first kappa shape index (κ1) is 18.1. The number of hydrogen-bond donors (Lipinski definition) is 2. The van der Waals surface area contributed by atoms with Gasteiger partial charge in [0, 0.05) is 16.3 Å².